The highest BCUT2D eigenvalue weighted by Crippen LogP contribution is 2.20. The van der Waals surface area contributed by atoms with Crippen LogP contribution in [0.3, 0.4) is 0 Å². The Morgan fingerprint density at radius 3 is 0.520 bits per heavy atom. The van der Waals surface area contributed by atoms with Crippen LogP contribution in [0.1, 0.15) is 192 Å². The van der Waals surface area contributed by atoms with Crippen molar-refractivity contribution < 1.29 is 114 Å². The molecule has 6 unspecified atom stereocenters. The van der Waals surface area contributed by atoms with Crippen molar-refractivity contribution in [1.29, 1.82) is 0 Å². The lowest BCUT2D eigenvalue weighted by Crippen LogP contribution is -2.45. The van der Waals surface area contributed by atoms with Gasteiger partial charge < -0.3 is 71.5 Å². The smallest absolute Gasteiger partial charge is 0.318 e. The third-order valence-corrected chi connectivity index (χ3v) is 24.7. The van der Waals surface area contributed by atoms with Gasteiger partial charge in [0.2, 0.25) is 0 Å². The predicted octanol–water partition coefficient (Wildman–Crippen LogP) is 13.5. The van der Waals surface area contributed by atoms with Crippen LogP contribution in [0.25, 0.3) is 0 Å². The molecule has 0 spiro atoms. The van der Waals surface area contributed by atoms with Gasteiger partial charge in [-0.15, -0.1) is 70.6 Å². The number of ether oxygens (including phenoxy) is 12. The normalized spacial score (nSPS) is 13.3. The largest absolute Gasteiger partial charge is 0.462 e. The Morgan fingerprint density at radius 1 is 0.220 bits per heavy atom. The Morgan fingerprint density at radius 2 is 0.366 bits per heavy atom. The van der Waals surface area contributed by atoms with Gasteiger partial charge in [0.05, 0.1) is 70.0 Å². The minimum Gasteiger partial charge on any atom is -0.462 e. The first-order chi connectivity index (χ1) is 59.3. The van der Waals surface area contributed by atoms with Crippen LogP contribution >= 0.6 is 70.6 Å². The molecule has 0 bridgehead atoms. The van der Waals surface area contributed by atoms with E-state index in [0.717, 1.165) is 105 Å². The van der Waals surface area contributed by atoms with Gasteiger partial charge >= 0.3 is 71.6 Å². The summed E-state index contributed by atoms with van der Waals surface area (Å²) in [5, 5.41) is -2.63. The van der Waals surface area contributed by atoms with Crippen LogP contribution in [-0.4, -0.2) is 315 Å². The van der Waals surface area contributed by atoms with E-state index in [4.69, 9.17) is 56.8 Å². The predicted molar refractivity (Wildman–Crippen MR) is 496 cm³/mol. The van der Waals surface area contributed by atoms with E-state index in [0.29, 0.717) is 0 Å². The number of allylic oxidation sites excluding steroid dienone is 12. The van der Waals surface area contributed by atoms with E-state index in [2.05, 4.69) is 65.7 Å². The number of carbonyl (C=O) groups excluding carboxylic acids is 12. The Bertz CT molecular complexity index is 2810. The molecule has 6 atom stereocenters. The maximum Gasteiger partial charge on any atom is 0.318 e. The Labute approximate surface area is 760 Å². The third-order valence-electron chi connectivity index (χ3n) is 17.7. The van der Waals surface area contributed by atoms with Gasteiger partial charge in [0, 0.05) is 78.5 Å². The molecule has 0 saturated heterocycles. The number of thioether (sulfide) groups is 6. The highest BCUT2D eigenvalue weighted by Gasteiger charge is 2.25. The fourth-order valence-electron chi connectivity index (χ4n) is 10.5. The van der Waals surface area contributed by atoms with Gasteiger partial charge in [0.15, 0.2) is 0 Å². The van der Waals surface area contributed by atoms with Crippen molar-refractivity contribution in [2.24, 2.45) is 0 Å². The van der Waals surface area contributed by atoms with Gasteiger partial charge in [0.25, 0.3) is 0 Å². The highest BCUT2D eigenvalue weighted by atomic mass is 32.2. The van der Waals surface area contributed by atoms with E-state index in [1.54, 1.807) is 41.5 Å². The lowest BCUT2D eigenvalue weighted by molar-refractivity contribution is -0.152. The van der Waals surface area contributed by atoms with Crippen molar-refractivity contribution in [3.8, 4) is 0 Å². The van der Waals surface area contributed by atoms with Crippen LogP contribution in [0.15, 0.2) is 72.9 Å². The Balaban J connectivity index is 7.49. The molecule has 0 fully saturated rings. The second kappa shape index (κ2) is 81.8. The minimum absolute atomic E-state index is 0.0816. The molecule has 0 heterocycles. The van der Waals surface area contributed by atoms with Crippen LogP contribution in [0.5, 0.6) is 0 Å². The standard InChI is InChI=1S/C89H148N4O24S6/c1-13-19-25-31-67-119-73(8)85(101)113-61-55-107-79(95)37-43-90(42-36-78(94)106-54-60-112-84(100)72(7)118-66-30-24-18-6)48-51-93(52-49-91(44-38-80(96)108-56-62-114-86(102)74(9)120-68-32-26-20-14-2)45-39-81(97)109-57-63-115-87(103)75(10)121-69-33-27-21-15-3)53-50-92(46-40-82(98)110-58-64-116-88(104)76(11)122-70-34-28-22-16-4)47-41-83(99)111-59-65-117-89(105)77(12)123-71-35-29-23-17-5/h18-29,72-77H,13-17,30-71H2,1-12H3/b24-18-,25-19-,26-20-,27-21-,28-22-,29-23-. The lowest BCUT2D eigenvalue weighted by Gasteiger charge is -2.32. The van der Waals surface area contributed by atoms with Crippen molar-refractivity contribution in [3.05, 3.63) is 72.9 Å². The first-order valence-electron chi connectivity index (χ1n) is 43.7. The number of rotatable bonds is 80. The van der Waals surface area contributed by atoms with Crippen LogP contribution in [-0.2, 0) is 114 Å². The van der Waals surface area contributed by atoms with Gasteiger partial charge in [-0.25, -0.2) is 0 Å². The summed E-state index contributed by atoms with van der Waals surface area (Å²) in [6, 6.07) is 0. The van der Waals surface area contributed by atoms with Crippen LogP contribution < -0.4 is 0 Å². The zero-order chi connectivity index (χ0) is 91.1. The van der Waals surface area contributed by atoms with E-state index >= 15 is 0 Å². The van der Waals surface area contributed by atoms with Crippen molar-refractivity contribution in [1.82, 2.24) is 19.6 Å². The van der Waals surface area contributed by atoms with Crippen molar-refractivity contribution >= 4 is 142 Å². The summed E-state index contributed by atoms with van der Waals surface area (Å²) in [6.45, 7) is 22.4. The quantitative estimate of drug-likeness (QED) is 0.0236. The lowest BCUT2D eigenvalue weighted by atomic mass is 10.2. The summed E-state index contributed by atoms with van der Waals surface area (Å²) in [4.78, 5) is 166. The van der Waals surface area contributed by atoms with Gasteiger partial charge in [-0.05, 0) is 154 Å². The molecule has 123 heavy (non-hydrogen) atoms. The highest BCUT2D eigenvalue weighted by molar-refractivity contribution is 8.01. The summed E-state index contributed by atoms with van der Waals surface area (Å²) in [6.07, 6.45) is 33.1. The van der Waals surface area contributed by atoms with Gasteiger partial charge in [-0.2, -0.15) is 0 Å². The first kappa shape index (κ1) is 117. The molecule has 0 amide bonds. The molecular formula is C89H148N4O24S6. The van der Waals surface area contributed by atoms with Crippen LogP contribution in [0.4, 0.5) is 0 Å². The number of nitrogens with zero attached hydrogens (tertiary/aromatic N) is 4. The molecule has 34 heteroatoms. The molecule has 704 valence electrons. The van der Waals surface area contributed by atoms with Gasteiger partial charge in [-0.3, -0.25) is 62.4 Å². The average Bonchev–Trinajstić information content (AvgIpc) is 0.583. The molecule has 0 aromatic heterocycles. The molecule has 0 aliphatic heterocycles. The second-order valence-electron chi connectivity index (χ2n) is 28.0. The minimum atomic E-state index is -0.601. The summed E-state index contributed by atoms with van der Waals surface area (Å²) < 4.78 is 65.9. The summed E-state index contributed by atoms with van der Waals surface area (Å²) in [5.74, 6) is -1.87. The van der Waals surface area contributed by atoms with E-state index < -0.39 is 103 Å². The topological polar surface area (TPSA) is 329 Å². The monoisotopic (exact) mass is 1850 g/mol. The summed E-state index contributed by atoms with van der Waals surface area (Å²) in [7, 11) is 0. The molecule has 0 saturated carbocycles. The van der Waals surface area contributed by atoms with E-state index in [9.17, 15) is 57.5 Å². The molecular weight excluding hydrogens is 1700 g/mol. The zero-order valence-corrected chi connectivity index (χ0v) is 80.6. The molecule has 28 nitrogen and oxygen atoms in total. The number of esters is 12. The molecule has 0 aliphatic rings. The molecule has 0 radical (unpaired) electrons. The summed E-state index contributed by atoms with van der Waals surface area (Å²) in [5.41, 5.74) is 0. The average molecular weight is 1850 g/mol. The Hall–Kier alpha value is -5.98. The number of carbonyl (C=O) groups is 12. The Kier molecular flexibility index (Phi) is 77.8. The summed E-state index contributed by atoms with van der Waals surface area (Å²) >= 11 is 8.74. The fraction of sp³-hybridized carbons (Fsp3) is 0.730. The van der Waals surface area contributed by atoms with E-state index in [1.165, 1.54) is 70.6 Å². The van der Waals surface area contributed by atoms with Gasteiger partial charge in [0.1, 0.15) is 79.3 Å². The van der Waals surface area contributed by atoms with Crippen molar-refractivity contribution in [2.75, 3.05) is 192 Å². The van der Waals surface area contributed by atoms with Crippen LogP contribution in [0, 0.1) is 0 Å². The van der Waals surface area contributed by atoms with Crippen LogP contribution in [0.2, 0.25) is 0 Å². The maximum atomic E-state index is 13.5. The first-order valence-corrected chi connectivity index (χ1v) is 50.0. The van der Waals surface area contributed by atoms with Gasteiger partial charge in [-0.1, -0.05) is 108 Å². The van der Waals surface area contributed by atoms with E-state index in [1.807, 2.05) is 68.4 Å². The van der Waals surface area contributed by atoms with E-state index in [-0.39, 0.29) is 196 Å². The zero-order valence-electron chi connectivity index (χ0n) is 75.7. The maximum absolute atomic E-state index is 13.5. The molecule has 0 N–H and O–H groups in total. The number of hydrogen-bond acceptors (Lipinski definition) is 34. The molecule has 0 aliphatic carbocycles. The molecule has 0 aromatic carbocycles. The fourth-order valence-corrected chi connectivity index (χ4v) is 15.5. The second-order valence-corrected chi connectivity index (χ2v) is 36.7. The molecule has 0 aromatic rings. The van der Waals surface area contributed by atoms with Crippen molar-refractivity contribution in [2.45, 2.75) is 224 Å². The number of hydrogen-bond donors (Lipinski definition) is 0. The van der Waals surface area contributed by atoms with Crippen molar-refractivity contribution in [3.63, 3.8) is 0 Å². The molecule has 0 rings (SSSR count). The third kappa shape index (κ3) is 70.7. The SMILES string of the molecule is C/C=C\CCSC(C)C(=O)OCCOC(=O)CCN(CCC(=O)OCCOC(=O)C(C)SCC/C=C\CC)CCN(CCN(CCC(=O)OCCOC(=O)C(C)SCC/C=C\CC)CCC(=O)OCCOC(=O)C(C)SCC/C=C\CC)CCN(CCC(=O)OCCOC(=O)C(C)SCC/C=C\CC)CCC(=O)OCCOC(=O)C(C)SCC/C=C\CC.